The van der Waals surface area contributed by atoms with Crippen LogP contribution in [0.15, 0.2) is 10.6 Å². The largest absolute Gasteiger partial charge is 0.393 e. The Morgan fingerprint density at radius 3 is 2.78 bits per heavy atom. The lowest BCUT2D eigenvalue weighted by Crippen LogP contribution is -2.37. The molecule has 0 unspecified atom stereocenters. The number of hydrogen-bond donors (Lipinski definition) is 2. The molecule has 6 nitrogen and oxygen atoms in total. The maximum absolute atomic E-state index is 12.1. The number of piperidine rings is 1. The Bertz CT molecular complexity index is 477. The third-order valence-corrected chi connectivity index (χ3v) is 4.65. The van der Waals surface area contributed by atoms with Gasteiger partial charge in [-0.25, -0.2) is 0 Å². The van der Waals surface area contributed by atoms with Crippen LogP contribution < -0.4 is 5.32 Å². The maximum Gasteiger partial charge on any atom is 0.289 e. The van der Waals surface area contributed by atoms with Gasteiger partial charge in [0.05, 0.1) is 11.8 Å². The molecule has 6 heteroatoms. The number of aliphatic hydroxyl groups is 1. The summed E-state index contributed by atoms with van der Waals surface area (Å²) in [5.41, 5.74) is 0.868. The first-order chi connectivity index (χ1) is 11.1. The van der Waals surface area contributed by atoms with Gasteiger partial charge < -0.3 is 19.8 Å². The van der Waals surface area contributed by atoms with Crippen molar-refractivity contribution >= 4 is 5.91 Å². The standard InChI is InChI=1S/C17H29N3O3/c1-3-13(4-2)15-12-16(23-19-15)17(22)18-8-5-9-20-10-6-14(21)7-11-20/h12-14,21H,3-11H2,1-2H3,(H,18,22). The van der Waals surface area contributed by atoms with Crippen molar-refractivity contribution in [1.82, 2.24) is 15.4 Å². The number of carbonyl (C=O) groups is 1. The molecular formula is C17H29N3O3. The Hall–Kier alpha value is -1.40. The van der Waals surface area contributed by atoms with Gasteiger partial charge >= 0.3 is 0 Å². The van der Waals surface area contributed by atoms with Gasteiger partial charge in [-0.3, -0.25) is 4.79 Å². The van der Waals surface area contributed by atoms with Gasteiger partial charge in [-0.15, -0.1) is 0 Å². The van der Waals surface area contributed by atoms with E-state index in [9.17, 15) is 9.90 Å². The summed E-state index contributed by atoms with van der Waals surface area (Å²) < 4.78 is 5.17. The van der Waals surface area contributed by atoms with Gasteiger partial charge in [-0.05, 0) is 38.6 Å². The monoisotopic (exact) mass is 323 g/mol. The molecule has 1 fully saturated rings. The molecule has 1 aliphatic rings. The first-order valence-electron chi connectivity index (χ1n) is 8.79. The summed E-state index contributed by atoms with van der Waals surface area (Å²) in [6, 6.07) is 1.76. The zero-order valence-corrected chi connectivity index (χ0v) is 14.3. The van der Waals surface area contributed by atoms with Crippen molar-refractivity contribution in [3.8, 4) is 0 Å². The van der Waals surface area contributed by atoms with Crippen LogP contribution in [0, 0.1) is 0 Å². The summed E-state index contributed by atoms with van der Waals surface area (Å²) in [5, 5.41) is 16.4. The number of carbonyl (C=O) groups excluding carboxylic acids is 1. The van der Waals surface area contributed by atoms with Gasteiger partial charge in [0.15, 0.2) is 0 Å². The van der Waals surface area contributed by atoms with Crippen LogP contribution in [0.2, 0.25) is 0 Å². The van der Waals surface area contributed by atoms with E-state index in [1.54, 1.807) is 6.07 Å². The highest BCUT2D eigenvalue weighted by Crippen LogP contribution is 2.22. The molecule has 1 aliphatic heterocycles. The quantitative estimate of drug-likeness (QED) is 0.717. The summed E-state index contributed by atoms with van der Waals surface area (Å²) >= 11 is 0. The minimum atomic E-state index is -0.191. The van der Waals surface area contributed by atoms with Crippen LogP contribution in [0.5, 0.6) is 0 Å². The van der Waals surface area contributed by atoms with Crippen LogP contribution >= 0.6 is 0 Å². The van der Waals surface area contributed by atoms with Crippen molar-refractivity contribution in [3.63, 3.8) is 0 Å². The van der Waals surface area contributed by atoms with Gasteiger partial charge in [0.1, 0.15) is 0 Å². The number of hydrogen-bond acceptors (Lipinski definition) is 5. The summed E-state index contributed by atoms with van der Waals surface area (Å²) in [6.45, 7) is 7.68. The molecule has 0 atom stereocenters. The molecule has 1 amide bonds. The lowest BCUT2D eigenvalue weighted by molar-refractivity contribution is 0.0813. The van der Waals surface area contributed by atoms with E-state index in [1.165, 1.54) is 0 Å². The molecule has 1 aromatic rings. The number of aliphatic hydroxyl groups excluding tert-OH is 1. The maximum atomic E-state index is 12.1. The van der Waals surface area contributed by atoms with Crippen LogP contribution in [0.4, 0.5) is 0 Å². The van der Waals surface area contributed by atoms with E-state index in [1.807, 2.05) is 0 Å². The van der Waals surface area contributed by atoms with Gasteiger partial charge in [-0.2, -0.15) is 0 Å². The van der Waals surface area contributed by atoms with Gasteiger partial charge in [0.2, 0.25) is 5.76 Å². The fourth-order valence-corrected chi connectivity index (χ4v) is 3.03. The molecule has 23 heavy (non-hydrogen) atoms. The van der Waals surface area contributed by atoms with E-state index >= 15 is 0 Å². The number of nitrogens with zero attached hydrogens (tertiary/aromatic N) is 2. The summed E-state index contributed by atoms with van der Waals surface area (Å²) in [6.07, 6.45) is 4.45. The average molecular weight is 323 g/mol. The van der Waals surface area contributed by atoms with Crippen molar-refractivity contribution in [2.45, 2.75) is 58.0 Å². The van der Waals surface area contributed by atoms with E-state index in [0.717, 1.165) is 57.4 Å². The Morgan fingerprint density at radius 1 is 1.43 bits per heavy atom. The van der Waals surface area contributed by atoms with Crippen molar-refractivity contribution < 1.29 is 14.4 Å². The molecule has 2 rings (SSSR count). The zero-order chi connectivity index (χ0) is 16.7. The number of rotatable bonds is 8. The van der Waals surface area contributed by atoms with E-state index in [2.05, 4.69) is 29.2 Å². The molecule has 1 saturated heterocycles. The minimum Gasteiger partial charge on any atom is -0.393 e. The first-order valence-corrected chi connectivity index (χ1v) is 8.79. The van der Waals surface area contributed by atoms with Crippen molar-refractivity contribution in [3.05, 3.63) is 17.5 Å². The Balaban J connectivity index is 1.68. The van der Waals surface area contributed by atoms with Crippen molar-refractivity contribution in [2.24, 2.45) is 0 Å². The Morgan fingerprint density at radius 2 is 2.13 bits per heavy atom. The van der Waals surface area contributed by atoms with Gasteiger partial charge in [0.25, 0.3) is 5.91 Å². The Kier molecular flexibility index (Phi) is 7.05. The third-order valence-electron chi connectivity index (χ3n) is 4.65. The topological polar surface area (TPSA) is 78.6 Å². The lowest BCUT2D eigenvalue weighted by atomic mass is 9.99. The summed E-state index contributed by atoms with van der Waals surface area (Å²) in [4.78, 5) is 14.4. The van der Waals surface area contributed by atoms with Crippen LogP contribution in [0.3, 0.4) is 0 Å². The van der Waals surface area contributed by atoms with Crippen molar-refractivity contribution in [2.75, 3.05) is 26.2 Å². The lowest BCUT2D eigenvalue weighted by Gasteiger charge is -2.29. The number of aromatic nitrogens is 1. The highest BCUT2D eigenvalue weighted by molar-refractivity contribution is 5.91. The number of likely N-dealkylation sites (tertiary alicyclic amines) is 1. The number of amides is 1. The molecule has 1 aromatic heterocycles. The van der Waals surface area contributed by atoms with Crippen molar-refractivity contribution in [1.29, 1.82) is 0 Å². The van der Waals surface area contributed by atoms with Crippen LogP contribution in [-0.4, -0.2) is 53.4 Å². The zero-order valence-electron chi connectivity index (χ0n) is 14.3. The molecule has 130 valence electrons. The van der Waals surface area contributed by atoms with E-state index < -0.39 is 0 Å². The first kappa shape index (κ1) is 17.9. The Labute approximate surface area is 138 Å². The normalized spacial score (nSPS) is 16.9. The van der Waals surface area contributed by atoms with Crippen LogP contribution in [0.25, 0.3) is 0 Å². The predicted octanol–water partition coefficient (Wildman–Crippen LogP) is 2.15. The van der Waals surface area contributed by atoms with Crippen LogP contribution in [0.1, 0.15) is 68.1 Å². The van der Waals surface area contributed by atoms with E-state index in [-0.39, 0.29) is 12.0 Å². The molecule has 0 aromatic carbocycles. The molecule has 0 aliphatic carbocycles. The average Bonchev–Trinajstić information content (AvgIpc) is 3.04. The summed E-state index contributed by atoms with van der Waals surface area (Å²) in [7, 11) is 0. The highest BCUT2D eigenvalue weighted by atomic mass is 16.5. The molecule has 2 heterocycles. The van der Waals surface area contributed by atoms with Crippen LogP contribution in [-0.2, 0) is 0 Å². The molecule has 0 saturated carbocycles. The second-order valence-corrected chi connectivity index (χ2v) is 6.31. The predicted molar refractivity (Wildman–Crippen MR) is 88.5 cm³/mol. The van der Waals surface area contributed by atoms with Gasteiger partial charge in [-0.1, -0.05) is 19.0 Å². The van der Waals surface area contributed by atoms with E-state index in [4.69, 9.17) is 4.52 Å². The van der Waals surface area contributed by atoms with E-state index in [0.29, 0.717) is 18.2 Å². The molecule has 0 bridgehead atoms. The molecule has 2 N–H and O–H groups in total. The molecule has 0 spiro atoms. The smallest absolute Gasteiger partial charge is 0.289 e. The third kappa shape index (κ3) is 5.32. The molecular weight excluding hydrogens is 294 g/mol. The second-order valence-electron chi connectivity index (χ2n) is 6.31. The SMILES string of the molecule is CCC(CC)c1cc(C(=O)NCCCN2CCC(O)CC2)on1. The fraction of sp³-hybridized carbons (Fsp3) is 0.765. The fourth-order valence-electron chi connectivity index (χ4n) is 3.03. The minimum absolute atomic E-state index is 0.137. The second kappa shape index (κ2) is 9.03. The van der Waals surface area contributed by atoms with Gasteiger partial charge in [0, 0.05) is 31.6 Å². The number of nitrogens with one attached hydrogen (secondary N) is 1. The summed E-state index contributed by atoms with van der Waals surface area (Å²) in [5.74, 6) is 0.464. The molecule has 0 radical (unpaired) electrons. The highest BCUT2D eigenvalue weighted by Gasteiger charge is 2.18.